The Morgan fingerprint density at radius 3 is 2.58 bits per heavy atom. The number of hydrogen-bond acceptors (Lipinski definition) is 3. The highest BCUT2D eigenvalue weighted by molar-refractivity contribution is 5.84. The van der Waals surface area contributed by atoms with Gasteiger partial charge in [-0.05, 0) is 43.1 Å². The molecule has 0 radical (unpaired) electrons. The van der Waals surface area contributed by atoms with E-state index in [1.807, 2.05) is 0 Å². The van der Waals surface area contributed by atoms with E-state index in [2.05, 4.69) is 44.3 Å². The van der Waals surface area contributed by atoms with E-state index in [1.54, 1.807) is 7.11 Å². The fraction of sp³-hybridized carbons (Fsp3) is 0.500. The minimum absolute atomic E-state index is 0.271. The third-order valence-corrected chi connectivity index (χ3v) is 3.49. The fourth-order valence-corrected chi connectivity index (χ4v) is 2.42. The average Bonchev–Trinajstić information content (AvgIpc) is 2.86. The van der Waals surface area contributed by atoms with E-state index in [4.69, 9.17) is 9.15 Å². The normalized spacial score (nSPS) is 12.8. The van der Waals surface area contributed by atoms with E-state index in [0.29, 0.717) is 0 Å². The number of fused-ring (bicyclic) bond motifs is 1. The van der Waals surface area contributed by atoms with Gasteiger partial charge in [-0.1, -0.05) is 20.8 Å². The van der Waals surface area contributed by atoms with Crippen LogP contribution in [-0.4, -0.2) is 13.7 Å². The number of furan rings is 1. The summed E-state index contributed by atoms with van der Waals surface area (Å²) in [6, 6.07) is 6.65. The van der Waals surface area contributed by atoms with Crippen LogP contribution in [0.3, 0.4) is 0 Å². The molecule has 0 saturated carbocycles. The van der Waals surface area contributed by atoms with Crippen molar-refractivity contribution in [3.63, 3.8) is 0 Å². The summed E-state index contributed by atoms with van der Waals surface area (Å²) in [5.74, 6) is 1.82. The van der Waals surface area contributed by atoms with Crippen LogP contribution in [0.2, 0.25) is 0 Å². The SMILES string of the molecule is CCNC(CC)c1cc2cc(CC)cc(OC)c2o1. The van der Waals surface area contributed by atoms with Gasteiger partial charge < -0.3 is 14.5 Å². The van der Waals surface area contributed by atoms with E-state index in [1.165, 1.54) is 5.56 Å². The van der Waals surface area contributed by atoms with Gasteiger partial charge in [0.25, 0.3) is 0 Å². The van der Waals surface area contributed by atoms with Crippen LogP contribution in [0.1, 0.15) is 44.6 Å². The maximum absolute atomic E-state index is 6.01. The van der Waals surface area contributed by atoms with Crippen LogP contribution in [-0.2, 0) is 6.42 Å². The molecule has 2 rings (SSSR count). The largest absolute Gasteiger partial charge is 0.493 e. The molecule has 0 spiro atoms. The summed E-state index contributed by atoms with van der Waals surface area (Å²) in [4.78, 5) is 0. The van der Waals surface area contributed by atoms with E-state index >= 15 is 0 Å². The van der Waals surface area contributed by atoms with Gasteiger partial charge in [0, 0.05) is 5.39 Å². The standard InChI is InChI=1S/C16H23NO2/c1-5-11-8-12-10-14(13(6-2)17-7-3)19-16(12)15(9-11)18-4/h8-10,13,17H,5-7H2,1-4H3. The first kappa shape index (κ1) is 13.9. The van der Waals surface area contributed by atoms with Crippen LogP contribution < -0.4 is 10.1 Å². The third kappa shape index (κ3) is 2.76. The van der Waals surface area contributed by atoms with Crippen LogP contribution in [0.4, 0.5) is 0 Å². The molecule has 0 amide bonds. The monoisotopic (exact) mass is 261 g/mol. The van der Waals surface area contributed by atoms with Crippen molar-refractivity contribution in [3.05, 3.63) is 29.5 Å². The highest BCUT2D eigenvalue weighted by atomic mass is 16.5. The molecule has 1 unspecified atom stereocenters. The van der Waals surface area contributed by atoms with Crippen LogP contribution in [0.25, 0.3) is 11.0 Å². The summed E-state index contributed by atoms with van der Waals surface area (Å²) in [5, 5.41) is 4.57. The predicted molar refractivity (Wildman–Crippen MR) is 78.9 cm³/mol. The first-order valence-corrected chi connectivity index (χ1v) is 7.07. The van der Waals surface area contributed by atoms with E-state index < -0.39 is 0 Å². The van der Waals surface area contributed by atoms with Crippen molar-refractivity contribution < 1.29 is 9.15 Å². The van der Waals surface area contributed by atoms with Crippen molar-refractivity contribution in [2.24, 2.45) is 0 Å². The molecule has 104 valence electrons. The lowest BCUT2D eigenvalue weighted by Gasteiger charge is -2.12. The molecule has 1 heterocycles. The fourth-order valence-electron chi connectivity index (χ4n) is 2.42. The molecule has 19 heavy (non-hydrogen) atoms. The van der Waals surface area contributed by atoms with Gasteiger partial charge >= 0.3 is 0 Å². The summed E-state index contributed by atoms with van der Waals surface area (Å²) in [6.07, 6.45) is 2.01. The van der Waals surface area contributed by atoms with Gasteiger partial charge in [0.2, 0.25) is 0 Å². The van der Waals surface area contributed by atoms with E-state index in [9.17, 15) is 0 Å². The quantitative estimate of drug-likeness (QED) is 0.851. The predicted octanol–water partition coefficient (Wildman–Crippen LogP) is 4.06. The Morgan fingerprint density at radius 2 is 2.00 bits per heavy atom. The summed E-state index contributed by atoms with van der Waals surface area (Å²) >= 11 is 0. The number of rotatable bonds is 6. The zero-order valence-electron chi connectivity index (χ0n) is 12.2. The Hall–Kier alpha value is -1.48. The molecule has 1 aromatic carbocycles. The van der Waals surface area contributed by atoms with E-state index in [-0.39, 0.29) is 6.04 Å². The first-order valence-electron chi connectivity index (χ1n) is 7.07. The highest BCUT2D eigenvalue weighted by Crippen LogP contribution is 2.33. The maximum atomic E-state index is 6.01. The molecular formula is C16H23NO2. The van der Waals surface area contributed by atoms with Crippen molar-refractivity contribution >= 4 is 11.0 Å². The molecule has 1 aromatic heterocycles. The van der Waals surface area contributed by atoms with Crippen molar-refractivity contribution in [2.45, 2.75) is 39.7 Å². The summed E-state index contributed by atoms with van der Waals surface area (Å²) in [7, 11) is 1.69. The Labute approximate surface area is 114 Å². The van der Waals surface area contributed by atoms with Gasteiger partial charge in [0.15, 0.2) is 11.3 Å². The number of methoxy groups -OCH3 is 1. The van der Waals surface area contributed by atoms with Gasteiger partial charge in [0.1, 0.15) is 5.76 Å². The molecule has 0 aliphatic carbocycles. The van der Waals surface area contributed by atoms with E-state index in [0.717, 1.165) is 41.9 Å². The number of hydrogen-bond donors (Lipinski definition) is 1. The lowest BCUT2D eigenvalue weighted by Crippen LogP contribution is -2.19. The number of ether oxygens (including phenoxy) is 1. The van der Waals surface area contributed by atoms with Crippen LogP contribution in [0, 0.1) is 0 Å². The second-order valence-electron chi connectivity index (χ2n) is 4.74. The topological polar surface area (TPSA) is 34.4 Å². The summed E-state index contributed by atoms with van der Waals surface area (Å²) in [6.45, 7) is 7.36. The minimum Gasteiger partial charge on any atom is -0.493 e. The number of nitrogens with one attached hydrogen (secondary N) is 1. The first-order chi connectivity index (χ1) is 9.23. The molecule has 1 atom stereocenters. The van der Waals surface area contributed by atoms with Gasteiger partial charge in [-0.2, -0.15) is 0 Å². The lowest BCUT2D eigenvalue weighted by molar-refractivity contribution is 0.394. The summed E-state index contributed by atoms with van der Waals surface area (Å²) in [5.41, 5.74) is 2.12. The highest BCUT2D eigenvalue weighted by Gasteiger charge is 2.16. The van der Waals surface area contributed by atoms with Crippen LogP contribution >= 0.6 is 0 Å². The molecule has 0 saturated heterocycles. The lowest BCUT2D eigenvalue weighted by atomic mass is 10.1. The Morgan fingerprint density at radius 1 is 1.21 bits per heavy atom. The second kappa shape index (κ2) is 6.11. The molecule has 0 bridgehead atoms. The molecule has 0 aliphatic rings. The number of aryl methyl sites for hydroxylation is 1. The minimum atomic E-state index is 0.271. The zero-order valence-corrected chi connectivity index (χ0v) is 12.2. The molecular weight excluding hydrogens is 238 g/mol. The molecule has 3 nitrogen and oxygen atoms in total. The van der Waals surface area contributed by atoms with Gasteiger partial charge in [0.05, 0.1) is 13.2 Å². The van der Waals surface area contributed by atoms with Crippen molar-refractivity contribution in [2.75, 3.05) is 13.7 Å². The van der Waals surface area contributed by atoms with Crippen molar-refractivity contribution in [3.8, 4) is 5.75 Å². The van der Waals surface area contributed by atoms with Gasteiger partial charge in [-0.15, -0.1) is 0 Å². The Bertz CT molecular complexity index is 545. The van der Waals surface area contributed by atoms with Crippen LogP contribution in [0.5, 0.6) is 5.75 Å². The van der Waals surface area contributed by atoms with Crippen LogP contribution in [0.15, 0.2) is 22.6 Å². The molecule has 2 aromatic rings. The molecule has 0 fully saturated rings. The third-order valence-electron chi connectivity index (χ3n) is 3.49. The van der Waals surface area contributed by atoms with Crippen molar-refractivity contribution in [1.82, 2.24) is 5.32 Å². The van der Waals surface area contributed by atoms with Crippen molar-refractivity contribution in [1.29, 1.82) is 0 Å². The second-order valence-corrected chi connectivity index (χ2v) is 4.74. The molecule has 0 aliphatic heterocycles. The average molecular weight is 261 g/mol. The Balaban J connectivity index is 2.49. The van der Waals surface area contributed by atoms with Gasteiger partial charge in [-0.25, -0.2) is 0 Å². The zero-order chi connectivity index (χ0) is 13.8. The Kier molecular flexibility index (Phi) is 4.48. The molecule has 3 heteroatoms. The maximum Gasteiger partial charge on any atom is 0.176 e. The van der Waals surface area contributed by atoms with Gasteiger partial charge in [-0.3, -0.25) is 0 Å². The number of benzene rings is 1. The summed E-state index contributed by atoms with van der Waals surface area (Å²) < 4.78 is 11.5. The molecule has 1 N–H and O–H groups in total. The smallest absolute Gasteiger partial charge is 0.176 e.